The second-order valence-electron chi connectivity index (χ2n) is 12.2. The molecule has 4 aromatic rings. The quantitative estimate of drug-likeness (QED) is 0.232. The van der Waals surface area contributed by atoms with Crippen molar-refractivity contribution in [2.45, 2.75) is 70.2 Å². The number of aromatic nitrogens is 1. The Morgan fingerprint density at radius 2 is 1.52 bits per heavy atom. The number of hydrogen-bond acceptors (Lipinski definition) is 4. The molecule has 1 aromatic heterocycles. The number of fused-ring (bicyclic) bond motifs is 1. The minimum atomic E-state index is -0.398. The number of benzene rings is 3. The molecule has 2 unspecified atom stereocenters. The maximum atomic E-state index is 14.5. The summed E-state index contributed by atoms with van der Waals surface area (Å²) in [6, 6.07) is 28.7. The van der Waals surface area contributed by atoms with Crippen LogP contribution >= 0.6 is 0 Å². The standard InChI is InChI=1S/C37H41N3O4/c1-38-32-21-12-11-20-30(32)24-31(35(38)41)25-40(36(42)29-18-9-4-10-19-29)33-22-13-23-39(34(33)28-16-7-3-8-17-28)37(43)44-26-27-14-5-2-6-15-27/h2-3,5-8,11-12,14-17,20-21,24,29,33-34H,4,9-10,13,18-19,22-23,25-26H2,1H3. The molecule has 1 saturated carbocycles. The molecule has 228 valence electrons. The molecule has 7 heteroatoms. The first-order valence-corrected chi connectivity index (χ1v) is 15.9. The SMILES string of the molecule is Cn1c(=O)c(CN(C(=O)C2CCCCC2)C2CCCN(C(=O)OCc3ccccc3)C2c2ccccc2)cc2ccccc21. The molecule has 1 saturated heterocycles. The highest BCUT2D eigenvalue weighted by Crippen LogP contribution is 2.38. The zero-order valence-corrected chi connectivity index (χ0v) is 25.4. The van der Waals surface area contributed by atoms with Crippen molar-refractivity contribution in [2.75, 3.05) is 6.54 Å². The van der Waals surface area contributed by atoms with Gasteiger partial charge in [0.15, 0.2) is 0 Å². The highest BCUT2D eigenvalue weighted by molar-refractivity contribution is 5.81. The summed E-state index contributed by atoms with van der Waals surface area (Å²) in [4.78, 5) is 45.7. The van der Waals surface area contributed by atoms with Gasteiger partial charge < -0.3 is 14.2 Å². The molecule has 44 heavy (non-hydrogen) atoms. The highest BCUT2D eigenvalue weighted by Gasteiger charge is 2.42. The molecular formula is C37H41N3O4. The predicted molar refractivity (Wildman–Crippen MR) is 172 cm³/mol. The third-order valence-electron chi connectivity index (χ3n) is 9.37. The van der Waals surface area contributed by atoms with Gasteiger partial charge >= 0.3 is 6.09 Å². The van der Waals surface area contributed by atoms with Gasteiger partial charge in [-0.25, -0.2) is 4.79 Å². The number of carbonyl (C=O) groups is 2. The number of ether oxygens (including phenoxy) is 1. The molecule has 2 atom stereocenters. The molecule has 1 aliphatic heterocycles. The Morgan fingerprint density at radius 3 is 2.27 bits per heavy atom. The zero-order valence-electron chi connectivity index (χ0n) is 25.4. The van der Waals surface area contributed by atoms with Gasteiger partial charge in [-0.05, 0) is 54.3 Å². The molecule has 0 spiro atoms. The van der Waals surface area contributed by atoms with E-state index in [0.717, 1.165) is 67.0 Å². The van der Waals surface area contributed by atoms with Crippen molar-refractivity contribution in [3.63, 3.8) is 0 Å². The van der Waals surface area contributed by atoms with Crippen LogP contribution in [0.1, 0.15) is 67.7 Å². The number of piperidine rings is 1. The number of pyridine rings is 1. The van der Waals surface area contributed by atoms with Gasteiger partial charge in [0.05, 0.1) is 24.1 Å². The van der Waals surface area contributed by atoms with E-state index in [2.05, 4.69) is 0 Å². The lowest BCUT2D eigenvalue weighted by atomic mass is 9.85. The minimum Gasteiger partial charge on any atom is -0.445 e. The first-order chi connectivity index (χ1) is 21.5. The Hall–Kier alpha value is -4.39. The number of carbonyl (C=O) groups excluding carboxylic acids is 2. The van der Waals surface area contributed by atoms with Gasteiger partial charge in [-0.15, -0.1) is 0 Å². The number of rotatable bonds is 7. The monoisotopic (exact) mass is 591 g/mol. The van der Waals surface area contributed by atoms with Crippen LogP contribution in [0.5, 0.6) is 0 Å². The van der Waals surface area contributed by atoms with E-state index in [0.29, 0.717) is 12.1 Å². The summed E-state index contributed by atoms with van der Waals surface area (Å²) < 4.78 is 7.53. The molecule has 2 aliphatic rings. The summed E-state index contributed by atoms with van der Waals surface area (Å²) in [6.07, 6.45) is 6.00. The largest absolute Gasteiger partial charge is 0.445 e. The van der Waals surface area contributed by atoms with Crippen LogP contribution in [0.15, 0.2) is 95.8 Å². The average Bonchev–Trinajstić information content (AvgIpc) is 3.08. The van der Waals surface area contributed by atoms with Gasteiger partial charge in [0.2, 0.25) is 5.91 Å². The maximum Gasteiger partial charge on any atom is 0.410 e. The van der Waals surface area contributed by atoms with Crippen LogP contribution in [0.2, 0.25) is 0 Å². The van der Waals surface area contributed by atoms with Crippen molar-refractivity contribution >= 4 is 22.9 Å². The molecule has 7 nitrogen and oxygen atoms in total. The fourth-order valence-electron chi connectivity index (χ4n) is 7.09. The fourth-order valence-corrected chi connectivity index (χ4v) is 7.09. The van der Waals surface area contributed by atoms with E-state index in [1.54, 1.807) is 16.5 Å². The number of nitrogens with zero attached hydrogens (tertiary/aromatic N) is 3. The number of para-hydroxylation sites is 1. The van der Waals surface area contributed by atoms with Crippen LogP contribution < -0.4 is 5.56 Å². The predicted octanol–water partition coefficient (Wildman–Crippen LogP) is 6.99. The van der Waals surface area contributed by atoms with E-state index < -0.39 is 6.04 Å². The summed E-state index contributed by atoms with van der Waals surface area (Å²) in [6.45, 7) is 0.917. The van der Waals surface area contributed by atoms with E-state index in [1.807, 2.05) is 95.9 Å². The van der Waals surface area contributed by atoms with Crippen molar-refractivity contribution in [1.82, 2.24) is 14.4 Å². The van der Waals surface area contributed by atoms with Gasteiger partial charge in [0.25, 0.3) is 5.56 Å². The lowest BCUT2D eigenvalue weighted by Crippen LogP contribution is -2.55. The number of likely N-dealkylation sites (tertiary alicyclic amines) is 1. The van der Waals surface area contributed by atoms with E-state index in [9.17, 15) is 14.4 Å². The second kappa shape index (κ2) is 13.5. The van der Waals surface area contributed by atoms with Gasteiger partial charge in [-0.1, -0.05) is 98.1 Å². The average molecular weight is 592 g/mol. The lowest BCUT2D eigenvalue weighted by Gasteiger charge is -2.46. The number of amides is 2. The fraction of sp³-hybridized carbons (Fsp3) is 0.378. The molecule has 0 N–H and O–H groups in total. The van der Waals surface area contributed by atoms with Gasteiger partial charge in [-0.2, -0.15) is 0 Å². The first kappa shape index (κ1) is 29.7. The number of hydrogen-bond donors (Lipinski definition) is 0. The molecule has 2 fully saturated rings. The maximum absolute atomic E-state index is 14.5. The van der Waals surface area contributed by atoms with Crippen molar-refractivity contribution in [3.05, 3.63) is 118 Å². The van der Waals surface area contributed by atoms with Crippen LogP contribution in [0.4, 0.5) is 4.79 Å². The van der Waals surface area contributed by atoms with E-state index in [1.165, 1.54) is 0 Å². The summed E-state index contributed by atoms with van der Waals surface area (Å²) in [5.41, 5.74) is 3.23. The van der Waals surface area contributed by atoms with Crippen molar-refractivity contribution in [3.8, 4) is 0 Å². The van der Waals surface area contributed by atoms with Crippen LogP contribution in [0, 0.1) is 5.92 Å². The second-order valence-corrected chi connectivity index (χ2v) is 12.2. The third kappa shape index (κ3) is 6.28. The molecule has 2 heterocycles. The highest BCUT2D eigenvalue weighted by atomic mass is 16.6. The zero-order chi connectivity index (χ0) is 30.5. The van der Waals surface area contributed by atoms with Gasteiger partial charge in [0.1, 0.15) is 6.61 Å². The molecule has 2 amide bonds. The molecule has 0 radical (unpaired) electrons. The Balaban J connectivity index is 1.38. The van der Waals surface area contributed by atoms with Crippen LogP contribution in [0.25, 0.3) is 10.9 Å². The van der Waals surface area contributed by atoms with E-state index in [4.69, 9.17) is 4.74 Å². The Morgan fingerprint density at radius 1 is 0.841 bits per heavy atom. The molecule has 3 aromatic carbocycles. The summed E-state index contributed by atoms with van der Waals surface area (Å²) in [7, 11) is 1.79. The van der Waals surface area contributed by atoms with Gasteiger partial charge in [0, 0.05) is 25.1 Å². The third-order valence-corrected chi connectivity index (χ3v) is 9.37. The lowest BCUT2D eigenvalue weighted by molar-refractivity contribution is -0.142. The molecule has 6 rings (SSSR count). The summed E-state index contributed by atoms with van der Waals surface area (Å²) >= 11 is 0. The summed E-state index contributed by atoms with van der Waals surface area (Å²) in [5.74, 6) is 0.00948. The smallest absolute Gasteiger partial charge is 0.410 e. The first-order valence-electron chi connectivity index (χ1n) is 15.9. The summed E-state index contributed by atoms with van der Waals surface area (Å²) in [5, 5.41) is 0.962. The minimum absolute atomic E-state index is 0.0788. The Bertz CT molecular complexity index is 1650. The van der Waals surface area contributed by atoms with Crippen LogP contribution in [0.3, 0.4) is 0 Å². The van der Waals surface area contributed by atoms with Gasteiger partial charge in [-0.3, -0.25) is 14.5 Å². The van der Waals surface area contributed by atoms with Crippen molar-refractivity contribution < 1.29 is 14.3 Å². The molecular weight excluding hydrogens is 550 g/mol. The van der Waals surface area contributed by atoms with Crippen molar-refractivity contribution in [2.24, 2.45) is 13.0 Å². The Labute approximate surface area is 259 Å². The van der Waals surface area contributed by atoms with Crippen molar-refractivity contribution in [1.29, 1.82) is 0 Å². The molecule has 0 bridgehead atoms. The van der Waals surface area contributed by atoms with Crippen LogP contribution in [-0.4, -0.2) is 39.0 Å². The number of aryl methyl sites for hydroxylation is 1. The van der Waals surface area contributed by atoms with Crippen LogP contribution in [-0.2, 0) is 29.7 Å². The topological polar surface area (TPSA) is 71.9 Å². The van der Waals surface area contributed by atoms with E-state index >= 15 is 0 Å². The van der Waals surface area contributed by atoms with E-state index in [-0.39, 0.29) is 42.7 Å². The normalized spacial score (nSPS) is 19.1. The molecule has 1 aliphatic carbocycles. The Kier molecular flexibility index (Phi) is 9.10.